The number of rotatable bonds is 0. The summed E-state index contributed by atoms with van der Waals surface area (Å²) in [5.74, 6) is 0. The molecule has 0 spiro atoms. The minimum absolute atomic E-state index is 0. The molecule has 1 radical (unpaired) electrons. The van der Waals surface area contributed by atoms with Gasteiger partial charge in [-0.3, -0.25) is 0 Å². The zero-order valence-corrected chi connectivity index (χ0v) is 9.70. The van der Waals surface area contributed by atoms with Crippen LogP contribution >= 0.6 is 0 Å². The Kier molecular flexibility index (Phi) is 24.9. The molecule has 0 atom stereocenters. The first kappa shape index (κ1) is 15.7. The molecule has 0 rings (SSSR count). The number of nitrogens with zero attached hydrogens (tertiary/aromatic N) is 1. The molecule has 0 aromatic heterocycles. The van der Waals surface area contributed by atoms with Gasteiger partial charge in [-0.25, -0.2) is 0 Å². The van der Waals surface area contributed by atoms with Crippen LogP contribution in [0.5, 0.6) is 0 Å². The molecule has 0 aliphatic rings. The molecule has 33 valence electrons. The van der Waals surface area contributed by atoms with Crippen LogP contribution in [0.4, 0.5) is 0 Å². The molecule has 4 N–H and O–H groups in total. The third-order valence-corrected chi connectivity index (χ3v) is 0. The van der Waals surface area contributed by atoms with Crippen molar-refractivity contribution in [3.05, 3.63) is 10.1 Å². The second kappa shape index (κ2) is 9.51. The normalized spacial score (nSPS) is 4.00. The zero-order valence-electron chi connectivity index (χ0n) is 3.42. The first-order chi connectivity index (χ1) is 1.73. The summed E-state index contributed by atoms with van der Waals surface area (Å²) in [5.41, 5.74) is 0. The van der Waals surface area contributed by atoms with Crippen molar-refractivity contribution in [2.75, 3.05) is 0 Å². The van der Waals surface area contributed by atoms with E-state index in [-0.39, 0.29) is 75.0 Å². The van der Waals surface area contributed by atoms with Crippen molar-refractivity contribution in [2.45, 2.75) is 0 Å². The van der Waals surface area contributed by atoms with Gasteiger partial charge in [0, 0.05) is 68.9 Å². The average molecular weight is 213 g/mol. The van der Waals surface area contributed by atoms with E-state index in [1.807, 2.05) is 0 Å². The Hall–Kier alpha value is 1.21. The Morgan fingerprint density at radius 3 is 1.67 bits per heavy atom. The Morgan fingerprint density at radius 2 is 1.67 bits per heavy atom. The van der Waals surface area contributed by atoms with Crippen molar-refractivity contribution >= 4 is 68.9 Å². The third kappa shape index (κ3) is 63.0. The van der Waals surface area contributed by atoms with Crippen LogP contribution in [0.15, 0.2) is 0 Å². The van der Waals surface area contributed by atoms with Crippen molar-refractivity contribution in [1.82, 2.24) is 6.15 Å². The molecule has 0 bridgehead atoms. The first-order valence-electron chi connectivity index (χ1n) is 0.565. The Bertz CT molecular complexity index is 31.8. The Labute approximate surface area is 93.2 Å². The molecule has 0 aliphatic heterocycles. The second-order valence-electron chi connectivity index (χ2n) is 0.238. The smallest absolute Gasteiger partial charge is 0.291 e. The van der Waals surface area contributed by atoms with Crippen LogP contribution in [0.3, 0.4) is 0 Å². The van der Waals surface area contributed by atoms with E-state index in [0.717, 1.165) is 0 Å². The monoisotopic (exact) mass is 213 g/mol. The average Bonchev–Trinajstić information content (AvgIpc) is 0.811. The molecule has 5 nitrogen and oxygen atoms in total. The van der Waals surface area contributed by atoms with E-state index < -0.39 is 5.09 Å². The SMILES string of the molecule is N.O=[N+]([O-])O.[Cs]. The van der Waals surface area contributed by atoms with E-state index in [1.165, 1.54) is 0 Å². The summed E-state index contributed by atoms with van der Waals surface area (Å²) < 4.78 is 0. The van der Waals surface area contributed by atoms with Gasteiger partial charge < -0.3 is 11.4 Å². The zero-order chi connectivity index (χ0) is 3.58. The van der Waals surface area contributed by atoms with Gasteiger partial charge in [0.2, 0.25) is 0 Å². The molecule has 0 heterocycles. The van der Waals surface area contributed by atoms with Gasteiger partial charge in [-0.05, 0) is 0 Å². The number of hydrogen-bond donors (Lipinski definition) is 2. The summed E-state index contributed by atoms with van der Waals surface area (Å²) >= 11 is 0. The van der Waals surface area contributed by atoms with Gasteiger partial charge in [0.1, 0.15) is 0 Å². The topological polar surface area (TPSA) is 98.4 Å². The summed E-state index contributed by atoms with van der Waals surface area (Å²) in [6, 6.07) is 0. The van der Waals surface area contributed by atoms with Crippen LogP contribution in [0.2, 0.25) is 0 Å². The maximum atomic E-state index is 8.36. The molecular weight excluding hydrogens is 209 g/mol. The molecular formula is H4CsN2O3. The molecule has 0 amide bonds. The van der Waals surface area contributed by atoms with Crippen LogP contribution in [0.25, 0.3) is 0 Å². The molecule has 0 saturated heterocycles. The van der Waals surface area contributed by atoms with Crippen molar-refractivity contribution in [1.29, 1.82) is 0 Å². The van der Waals surface area contributed by atoms with Crippen LogP contribution in [0.1, 0.15) is 0 Å². The Balaban J connectivity index is -0.0000000450. The van der Waals surface area contributed by atoms with E-state index in [1.54, 1.807) is 0 Å². The van der Waals surface area contributed by atoms with Gasteiger partial charge in [-0.15, -0.1) is 10.1 Å². The minimum atomic E-state index is -1.50. The van der Waals surface area contributed by atoms with E-state index in [4.69, 9.17) is 15.3 Å². The predicted octanol–water partition coefficient (Wildman–Crippen LogP) is -0.567. The van der Waals surface area contributed by atoms with E-state index in [2.05, 4.69) is 0 Å². The van der Waals surface area contributed by atoms with Crippen molar-refractivity contribution in [3.63, 3.8) is 0 Å². The third-order valence-electron chi connectivity index (χ3n) is 0. The van der Waals surface area contributed by atoms with Crippen molar-refractivity contribution in [2.24, 2.45) is 0 Å². The van der Waals surface area contributed by atoms with Crippen LogP contribution < -0.4 is 6.15 Å². The van der Waals surface area contributed by atoms with E-state index in [0.29, 0.717) is 0 Å². The van der Waals surface area contributed by atoms with Crippen molar-refractivity contribution in [3.8, 4) is 0 Å². The molecule has 6 heavy (non-hydrogen) atoms. The summed E-state index contributed by atoms with van der Waals surface area (Å²) in [7, 11) is 0. The second-order valence-corrected chi connectivity index (χ2v) is 0.238. The molecule has 0 aromatic rings. The fraction of sp³-hybridized carbons (Fsp3) is 0. The van der Waals surface area contributed by atoms with Gasteiger partial charge in [0.25, 0.3) is 5.09 Å². The van der Waals surface area contributed by atoms with Gasteiger partial charge in [-0.2, -0.15) is 0 Å². The standard InChI is InChI=1S/Cs.HNO3.H3N/c;2-1(3)4;/h;(H,2,3,4);1H3. The molecule has 0 unspecified atom stereocenters. The molecule has 6 heteroatoms. The summed E-state index contributed by atoms with van der Waals surface area (Å²) in [4.78, 5) is 8.36. The van der Waals surface area contributed by atoms with Gasteiger partial charge in [-0.1, -0.05) is 0 Å². The van der Waals surface area contributed by atoms with Crippen LogP contribution in [-0.2, 0) is 0 Å². The molecule has 0 saturated carbocycles. The predicted molar refractivity (Wildman–Crippen MR) is 19.6 cm³/mol. The minimum Gasteiger partial charge on any atom is -0.344 e. The van der Waals surface area contributed by atoms with Crippen LogP contribution in [-0.4, -0.2) is 79.2 Å². The van der Waals surface area contributed by atoms with Crippen LogP contribution in [0, 0.1) is 10.1 Å². The maximum Gasteiger partial charge on any atom is 0.291 e. The van der Waals surface area contributed by atoms with Crippen molar-refractivity contribution < 1.29 is 10.3 Å². The molecule has 0 fully saturated rings. The Morgan fingerprint density at radius 1 is 1.67 bits per heavy atom. The van der Waals surface area contributed by atoms with Gasteiger partial charge >= 0.3 is 0 Å². The van der Waals surface area contributed by atoms with E-state index in [9.17, 15) is 0 Å². The summed E-state index contributed by atoms with van der Waals surface area (Å²) in [6.45, 7) is 0. The fourth-order valence-corrected chi connectivity index (χ4v) is 0. The van der Waals surface area contributed by atoms with Gasteiger partial charge in [0.05, 0.1) is 0 Å². The summed E-state index contributed by atoms with van der Waals surface area (Å²) in [6.07, 6.45) is 0. The number of hydrogen-bond acceptors (Lipinski definition) is 3. The van der Waals surface area contributed by atoms with Gasteiger partial charge in [0.15, 0.2) is 0 Å². The first-order valence-corrected chi connectivity index (χ1v) is 0.565. The fourth-order valence-electron chi connectivity index (χ4n) is 0. The summed E-state index contributed by atoms with van der Waals surface area (Å²) in [5, 5.41) is 13.6. The molecule has 0 aromatic carbocycles. The largest absolute Gasteiger partial charge is 0.344 e. The quantitative estimate of drug-likeness (QED) is 0.415. The van der Waals surface area contributed by atoms with E-state index >= 15 is 0 Å². The molecule has 0 aliphatic carbocycles. The maximum absolute atomic E-state index is 8.36.